The van der Waals surface area contributed by atoms with Crippen molar-refractivity contribution in [3.8, 4) is 11.4 Å². The topological polar surface area (TPSA) is 39.9 Å². The molecule has 0 amide bonds. The molecule has 0 aliphatic heterocycles. The molecule has 0 fully saturated rings. The van der Waals surface area contributed by atoms with Crippen molar-refractivity contribution >= 4 is 0 Å². The Morgan fingerprint density at radius 1 is 1.11 bits per heavy atom. The molecular weight excluding hydrogens is 247 g/mol. The van der Waals surface area contributed by atoms with Gasteiger partial charge < -0.3 is 4.74 Å². The molecule has 1 aromatic heterocycles. The first-order chi connectivity index (χ1) is 8.35. The van der Waals surface area contributed by atoms with Gasteiger partial charge in [0.2, 0.25) is 0 Å². The zero-order valence-corrected chi connectivity index (χ0v) is 9.69. The van der Waals surface area contributed by atoms with Crippen LogP contribution in [0, 0.1) is 13.8 Å². The van der Waals surface area contributed by atoms with Gasteiger partial charge in [-0.2, -0.15) is 5.10 Å². The summed E-state index contributed by atoms with van der Waals surface area (Å²) in [5, 5.41) is 4.13. The van der Waals surface area contributed by atoms with E-state index in [0.29, 0.717) is 17.3 Å². The Labute approximate surface area is 101 Å². The number of alkyl halides is 3. The van der Waals surface area contributed by atoms with E-state index in [2.05, 4.69) is 14.8 Å². The van der Waals surface area contributed by atoms with Gasteiger partial charge in [0.15, 0.2) is 0 Å². The molecule has 0 atom stereocenters. The lowest BCUT2D eigenvalue weighted by molar-refractivity contribution is -0.274. The molecular formula is C11H10F3N3O. The van der Waals surface area contributed by atoms with Crippen LogP contribution in [0.3, 0.4) is 0 Å². The summed E-state index contributed by atoms with van der Waals surface area (Å²) in [5.41, 5.74) is 0.627. The Morgan fingerprint density at radius 2 is 1.72 bits per heavy atom. The number of hydrogen-bond donors (Lipinski definition) is 0. The molecule has 96 valence electrons. The number of nitrogens with zero attached hydrogens (tertiary/aromatic N) is 3. The van der Waals surface area contributed by atoms with Crippen molar-refractivity contribution in [3.63, 3.8) is 0 Å². The summed E-state index contributed by atoms with van der Waals surface area (Å²) >= 11 is 0. The van der Waals surface area contributed by atoms with Crippen LogP contribution in [0.5, 0.6) is 5.75 Å². The normalized spacial score (nSPS) is 11.6. The standard InChI is InChI=1S/C11H10F3N3O/c1-7-15-8(2)17(16-7)9-3-5-10(6-4-9)18-11(12,13)14/h3-6H,1-2H3. The van der Waals surface area contributed by atoms with Crippen LogP contribution in [0.15, 0.2) is 24.3 Å². The van der Waals surface area contributed by atoms with E-state index in [1.54, 1.807) is 18.5 Å². The molecule has 0 N–H and O–H groups in total. The Morgan fingerprint density at radius 3 is 2.17 bits per heavy atom. The molecule has 1 heterocycles. The first-order valence-electron chi connectivity index (χ1n) is 5.11. The highest BCUT2D eigenvalue weighted by Crippen LogP contribution is 2.23. The summed E-state index contributed by atoms with van der Waals surface area (Å²) < 4.78 is 41.3. The smallest absolute Gasteiger partial charge is 0.406 e. The summed E-state index contributed by atoms with van der Waals surface area (Å²) in [6.07, 6.45) is -4.68. The van der Waals surface area contributed by atoms with Crippen LogP contribution >= 0.6 is 0 Å². The second kappa shape index (κ2) is 4.32. The predicted molar refractivity (Wildman–Crippen MR) is 57.5 cm³/mol. The lowest BCUT2D eigenvalue weighted by Crippen LogP contribution is -2.17. The molecule has 0 saturated heterocycles. The zero-order valence-electron chi connectivity index (χ0n) is 9.69. The SMILES string of the molecule is Cc1nc(C)n(-c2ccc(OC(F)(F)F)cc2)n1. The minimum absolute atomic E-state index is 0.263. The predicted octanol–water partition coefficient (Wildman–Crippen LogP) is 2.78. The van der Waals surface area contributed by atoms with E-state index in [1.807, 2.05) is 0 Å². The van der Waals surface area contributed by atoms with Gasteiger partial charge in [-0.3, -0.25) is 0 Å². The minimum atomic E-state index is -4.68. The van der Waals surface area contributed by atoms with Gasteiger partial charge in [0.05, 0.1) is 5.69 Å². The van der Waals surface area contributed by atoms with Crippen LogP contribution in [-0.4, -0.2) is 21.1 Å². The van der Waals surface area contributed by atoms with Crippen molar-refractivity contribution < 1.29 is 17.9 Å². The summed E-state index contributed by atoms with van der Waals surface area (Å²) in [7, 11) is 0. The number of benzene rings is 1. The van der Waals surface area contributed by atoms with Gasteiger partial charge in [-0.25, -0.2) is 9.67 Å². The highest BCUT2D eigenvalue weighted by molar-refractivity contribution is 5.37. The van der Waals surface area contributed by atoms with Gasteiger partial charge in [0.1, 0.15) is 17.4 Å². The fraction of sp³-hybridized carbons (Fsp3) is 0.273. The van der Waals surface area contributed by atoms with E-state index < -0.39 is 6.36 Å². The Balaban J connectivity index is 2.25. The van der Waals surface area contributed by atoms with Gasteiger partial charge in [-0.05, 0) is 38.1 Å². The number of ether oxygens (including phenoxy) is 1. The Hall–Kier alpha value is -2.05. The Bertz CT molecular complexity index is 546. The fourth-order valence-electron chi connectivity index (χ4n) is 1.55. The summed E-state index contributed by atoms with van der Waals surface area (Å²) in [5.74, 6) is 1.00. The highest BCUT2D eigenvalue weighted by atomic mass is 19.4. The number of halogens is 3. The van der Waals surface area contributed by atoms with Gasteiger partial charge in [0.25, 0.3) is 0 Å². The van der Waals surface area contributed by atoms with Crippen LogP contribution in [0.2, 0.25) is 0 Å². The lowest BCUT2D eigenvalue weighted by atomic mass is 10.3. The molecule has 0 aliphatic rings. The van der Waals surface area contributed by atoms with E-state index in [-0.39, 0.29) is 5.75 Å². The van der Waals surface area contributed by atoms with Gasteiger partial charge in [0, 0.05) is 0 Å². The molecule has 0 bridgehead atoms. The summed E-state index contributed by atoms with van der Waals surface area (Å²) in [6, 6.07) is 5.45. The van der Waals surface area contributed by atoms with Crippen molar-refractivity contribution in [1.82, 2.24) is 14.8 Å². The van der Waals surface area contributed by atoms with Crippen molar-refractivity contribution in [2.45, 2.75) is 20.2 Å². The monoisotopic (exact) mass is 257 g/mol. The minimum Gasteiger partial charge on any atom is -0.406 e. The molecule has 7 heteroatoms. The molecule has 1 aromatic carbocycles. The van der Waals surface area contributed by atoms with Crippen molar-refractivity contribution in [2.24, 2.45) is 0 Å². The first-order valence-corrected chi connectivity index (χ1v) is 5.11. The highest BCUT2D eigenvalue weighted by Gasteiger charge is 2.30. The van der Waals surface area contributed by atoms with Crippen LogP contribution in [0.4, 0.5) is 13.2 Å². The van der Waals surface area contributed by atoms with E-state index >= 15 is 0 Å². The van der Waals surface area contributed by atoms with E-state index in [4.69, 9.17) is 0 Å². The molecule has 0 saturated carbocycles. The average Bonchev–Trinajstić information content (AvgIpc) is 2.57. The second-order valence-corrected chi connectivity index (χ2v) is 3.66. The van der Waals surface area contributed by atoms with Crippen molar-refractivity contribution in [3.05, 3.63) is 35.9 Å². The van der Waals surface area contributed by atoms with Gasteiger partial charge in [-0.15, -0.1) is 13.2 Å². The van der Waals surface area contributed by atoms with E-state index in [9.17, 15) is 13.2 Å². The molecule has 0 radical (unpaired) electrons. The number of aryl methyl sites for hydroxylation is 2. The number of rotatable bonds is 2. The molecule has 2 aromatic rings. The number of aromatic nitrogens is 3. The van der Waals surface area contributed by atoms with Gasteiger partial charge >= 0.3 is 6.36 Å². The summed E-state index contributed by atoms with van der Waals surface area (Å²) in [6.45, 7) is 3.50. The van der Waals surface area contributed by atoms with Gasteiger partial charge in [-0.1, -0.05) is 0 Å². The molecule has 2 rings (SSSR count). The third kappa shape index (κ3) is 2.79. The third-order valence-electron chi connectivity index (χ3n) is 2.19. The molecule has 0 spiro atoms. The maximum absolute atomic E-state index is 12.0. The van der Waals surface area contributed by atoms with Crippen LogP contribution < -0.4 is 4.74 Å². The second-order valence-electron chi connectivity index (χ2n) is 3.66. The van der Waals surface area contributed by atoms with Crippen molar-refractivity contribution in [2.75, 3.05) is 0 Å². The van der Waals surface area contributed by atoms with Crippen LogP contribution in [0.25, 0.3) is 5.69 Å². The average molecular weight is 257 g/mol. The molecule has 0 unspecified atom stereocenters. The first kappa shape index (κ1) is 12.4. The largest absolute Gasteiger partial charge is 0.573 e. The third-order valence-corrected chi connectivity index (χ3v) is 2.19. The molecule has 18 heavy (non-hydrogen) atoms. The maximum atomic E-state index is 12.0. The quantitative estimate of drug-likeness (QED) is 0.830. The van der Waals surface area contributed by atoms with E-state index in [1.165, 1.54) is 24.3 Å². The fourth-order valence-corrected chi connectivity index (χ4v) is 1.55. The molecule has 4 nitrogen and oxygen atoms in total. The summed E-state index contributed by atoms with van der Waals surface area (Å²) in [4.78, 5) is 4.11. The molecule has 0 aliphatic carbocycles. The maximum Gasteiger partial charge on any atom is 0.573 e. The van der Waals surface area contributed by atoms with E-state index in [0.717, 1.165) is 0 Å². The van der Waals surface area contributed by atoms with Crippen LogP contribution in [-0.2, 0) is 0 Å². The Kier molecular flexibility index (Phi) is 2.98. The lowest BCUT2D eigenvalue weighted by Gasteiger charge is -2.09. The van der Waals surface area contributed by atoms with Crippen LogP contribution in [0.1, 0.15) is 11.6 Å². The number of hydrogen-bond acceptors (Lipinski definition) is 3. The zero-order chi connectivity index (χ0) is 13.3. The van der Waals surface area contributed by atoms with Crippen molar-refractivity contribution in [1.29, 1.82) is 0 Å².